The number of rotatable bonds is 6. The summed E-state index contributed by atoms with van der Waals surface area (Å²) < 4.78 is 54.9. The summed E-state index contributed by atoms with van der Waals surface area (Å²) in [7, 11) is -4.11. The number of hydrogen-bond acceptors (Lipinski definition) is 4. The predicted molar refractivity (Wildman–Crippen MR) is 109 cm³/mol. The highest BCUT2D eigenvalue weighted by Crippen LogP contribution is 2.29. The van der Waals surface area contributed by atoms with Gasteiger partial charge in [0.1, 0.15) is 16.5 Å². The van der Waals surface area contributed by atoms with Crippen LogP contribution in [0.3, 0.4) is 0 Å². The molecule has 2 aromatic carbocycles. The number of benzene rings is 2. The fraction of sp³-hybridized carbons (Fsp3) is 0.238. The Morgan fingerprint density at radius 3 is 2.62 bits per heavy atom. The number of hydrogen-bond donors (Lipinski definition) is 1. The summed E-state index contributed by atoms with van der Waals surface area (Å²) in [6.45, 7) is 1.60. The fourth-order valence-electron chi connectivity index (χ4n) is 3.67. The Labute approximate surface area is 172 Å². The zero-order chi connectivity index (χ0) is 20.4. The van der Waals surface area contributed by atoms with Gasteiger partial charge < -0.3 is 0 Å². The van der Waals surface area contributed by atoms with Gasteiger partial charge in [-0.2, -0.15) is 11.3 Å². The molecule has 0 amide bonds. The summed E-state index contributed by atoms with van der Waals surface area (Å²) in [5, 5.41) is 3.95. The second-order valence-electron chi connectivity index (χ2n) is 6.99. The second kappa shape index (κ2) is 8.31. The fourth-order valence-corrected chi connectivity index (χ4v) is 5.47. The smallest absolute Gasteiger partial charge is 0.243 e. The van der Waals surface area contributed by atoms with Crippen molar-refractivity contribution in [2.24, 2.45) is 0 Å². The molecule has 2 heterocycles. The van der Waals surface area contributed by atoms with Crippen LogP contribution in [0.4, 0.5) is 8.78 Å². The molecule has 4 nitrogen and oxygen atoms in total. The first-order valence-electron chi connectivity index (χ1n) is 9.22. The van der Waals surface area contributed by atoms with Crippen LogP contribution in [-0.2, 0) is 23.0 Å². The van der Waals surface area contributed by atoms with E-state index in [1.54, 1.807) is 11.3 Å². The lowest BCUT2D eigenvalue weighted by Gasteiger charge is -2.35. The van der Waals surface area contributed by atoms with Crippen molar-refractivity contribution in [1.29, 1.82) is 0 Å². The van der Waals surface area contributed by atoms with Crippen molar-refractivity contribution < 1.29 is 17.2 Å². The van der Waals surface area contributed by atoms with Crippen molar-refractivity contribution in [2.45, 2.75) is 23.9 Å². The van der Waals surface area contributed by atoms with E-state index < -0.39 is 26.6 Å². The van der Waals surface area contributed by atoms with E-state index in [9.17, 15) is 17.2 Å². The van der Waals surface area contributed by atoms with Gasteiger partial charge in [-0.15, -0.1) is 0 Å². The normalized spacial score (nSPS) is 15.8. The van der Waals surface area contributed by atoms with Crippen LogP contribution in [0.1, 0.15) is 22.7 Å². The third-order valence-corrected chi connectivity index (χ3v) is 7.34. The Bertz CT molecular complexity index is 1100. The largest absolute Gasteiger partial charge is 0.290 e. The lowest BCUT2D eigenvalue weighted by molar-refractivity contribution is 0.180. The molecule has 1 aliphatic heterocycles. The molecule has 152 valence electrons. The Morgan fingerprint density at radius 2 is 1.90 bits per heavy atom. The minimum Gasteiger partial charge on any atom is -0.290 e. The molecule has 1 atom stereocenters. The highest BCUT2D eigenvalue weighted by molar-refractivity contribution is 7.89. The second-order valence-corrected chi connectivity index (χ2v) is 9.50. The summed E-state index contributed by atoms with van der Waals surface area (Å²) in [6, 6.07) is 12.5. The maximum Gasteiger partial charge on any atom is 0.243 e. The molecule has 3 aromatic rings. The molecule has 1 N–H and O–H groups in total. The Hall–Kier alpha value is -2.13. The van der Waals surface area contributed by atoms with Gasteiger partial charge in [-0.1, -0.05) is 24.3 Å². The zero-order valence-corrected chi connectivity index (χ0v) is 17.1. The maximum absolute atomic E-state index is 14.0. The van der Waals surface area contributed by atoms with E-state index >= 15 is 0 Å². The minimum absolute atomic E-state index is 0.0953. The van der Waals surface area contributed by atoms with Crippen LogP contribution < -0.4 is 4.72 Å². The van der Waals surface area contributed by atoms with Crippen LogP contribution in [0.5, 0.6) is 0 Å². The molecule has 0 bridgehead atoms. The molecule has 0 saturated carbocycles. The van der Waals surface area contributed by atoms with Gasteiger partial charge in [0, 0.05) is 31.7 Å². The monoisotopic (exact) mass is 434 g/mol. The number of thiophene rings is 1. The molecule has 0 saturated heterocycles. The topological polar surface area (TPSA) is 49.4 Å². The first-order valence-corrected chi connectivity index (χ1v) is 11.6. The van der Waals surface area contributed by atoms with Crippen molar-refractivity contribution in [2.75, 3.05) is 13.1 Å². The van der Waals surface area contributed by atoms with Gasteiger partial charge in [-0.3, -0.25) is 4.90 Å². The number of fused-ring (bicyclic) bond motifs is 1. The quantitative estimate of drug-likeness (QED) is 0.635. The molecule has 0 spiro atoms. The molecule has 0 radical (unpaired) electrons. The van der Waals surface area contributed by atoms with Crippen molar-refractivity contribution in [3.8, 4) is 0 Å². The molecule has 1 aromatic heterocycles. The summed E-state index contributed by atoms with van der Waals surface area (Å²) >= 11 is 1.55. The van der Waals surface area contributed by atoms with Crippen LogP contribution in [0, 0.1) is 11.6 Å². The molecule has 8 heteroatoms. The summed E-state index contributed by atoms with van der Waals surface area (Å²) in [5.41, 5.74) is 3.55. The third kappa shape index (κ3) is 4.40. The van der Waals surface area contributed by atoms with Crippen molar-refractivity contribution in [3.05, 3.63) is 87.6 Å². The third-order valence-electron chi connectivity index (χ3n) is 5.18. The van der Waals surface area contributed by atoms with E-state index in [0.717, 1.165) is 30.7 Å². The van der Waals surface area contributed by atoms with Gasteiger partial charge >= 0.3 is 0 Å². The van der Waals surface area contributed by atoms with E-state index in [2.05, 4.69) is 21.8 Å². The SMILES string of the molecule is O=S(=O)(NC[C@H](c1ccsc1)N1CCc2ccccc2C1)c1ccc(F)cc1F. The molecule has 0 fully saturated rings. The van der Waals surface area contributed by atoms with E-state index in [0.29, 0.717) is 12.6 Å². The average Bonchev–Trinajstić information content (AvgIpc) is 3.22. The van der Waals surface area contributed by atoms with Gasteiger partial charge in [-0.05, 0) is 52.1 Å². The average molecular weight is 435 g/mol. The predicted octanol–water partition coefficient (Wildman–Crippen LogP) is 4.10. The van der Waals surface area contributed by atoms with Crippen molar-refractivity contribution in [3.63, 3.8) is 0 Å². The Balaban J connectivity index is 1.56. The zero-order valence-electron chi connectivity index (χ0n) is 15.5. The molecule has 29 heavy (non-hydrogen) atoms. The highest BCUT2D eigenvalue weighted by Gasteiger charge is 2.28. The number of halogens is 2. The highest BCUT2D eigenvalue weighted by atomic mass is 32.2. The van der Waals surface area contributed by atoms with Crippen LogP contribution in [0.25, 0.3) is 0 Å². The van der Waals surface area contributed by atoms with Gasteiger partial charge in [0.05, 0.1) is 0 Å². The van der Waals surface area contributed by atoms with Gasteiger partial charge in [-0.25, -0.2) is 21.9 Å². The van der Waals surface area contributed by atoms with Crippen molar-refractivity contribution >= 4 is 21.4 Å². The number of nitrogens with one attached hydrogen (secondary N) is 1. The van der Waals surface area contributed by atoms with Crippen LogP contribution >= 0.6 is 11.3 Å². The minimum atomic E-state index is -4.11. The first kappa shape index (κ1) is 20.2. The van der Waals surface area contributed by atoms with Crippen LogP contribution in [-0.4, -0.2) is 26.4 Å². The molecule has 0 aliphatic carbocycles. The first-order chi connectivity index (χ1) is 13.9. The summed E-state index contributed by atoms with van der Waals surface area (Å²) in [6.07, 6.45) is 0.885. The summed E-state index contributed by atoms with van der Waals surface area (Å²) in [4.78, 5) is 1.68. The van der Waals surface area contributed by atoms with E-state index in [1.165, 1.54) is 11.1 Å². The Morgan fingerprint density at radius 1 is 1.10 bits per heavy atom. The Kier molecular flexibility index (Phi) is 5.78. The summed E-state index contributed by atoms with van der Waals surface area (Å²) in [5.74, 6) is -1.92. The number of nitrogens with zero attached hydrogens (tertiary/aromatic N) is 1. The molecule has 0 unspecified atom stereocenters. The molecular weight excluding hydrogens is 414 g/mol. The van der Waals surface area contributed by atoms with Gasteiger partial charge in [0.2, 0.25) is 10.0 Å². The van der Waals surface area contributed by atoms with Crippen molar-refractivity contribution in [1.82, 2.24) is 9.62 Å². The van der Waals surface area contributed by atoms with Crippen LogP contribution in [0.15, 0.2) is 64.2 Å². The van der Waals surface area contributed by atoms with Gasteiger partial charge in [0.25, 0.3) is 0 Å². The lowest BCUT2D eigenvalue weighted by atomic mass is 9.97. The van der Waals surface area contributed by atoms with E-state index in [-0.39, 0.29) is 12.6 Å². The van der Waals surface area contributed by atoms with Gasteiger partial charge in [0.15, 0.2) is 0 Å². The van der Waals surface area contributed by atoms with Crippen LogP contribution in [0.2, 0.25) is 0 Å². The molecule has 1 aliphatic rings. The molecular formula is C21H20F2N2O2S2. The number of sulfonamides is 1. The standard InChI is InChI=1S/C21H20F2N2O2S2/c22-18-5-6-21(19(23)11-18)29(26,27)24-12-20(17-8-10-28-14-17)25-9-7-15-3-1-2-4-16(15)13-25/h1-6,8,10-11,14,20,24H,7,9,12-13H2/t20-/m1/s1. The van der Waals surface area contributed by atoms with E-state index in [1.807, 2.05) is 29.0 Å². The molecule has 4 rings (SSSR count). The lowest BCUT2D eigenvalue weighted by Crippen LogP contribution is -2.40. The van der Waals surface area contributed by atoms with E-state index in [4.69, 9.17) is 0 Å². The maximum atomic E-state index is 14.0.